The van der Waals surface area contributed by atoms with Gasteiger partial charge in [0.1, 0.15) is 0 Å². The van der Waals surface area contributed by atoms with Crippen molar-refractivity contribution in [2.75, 3.05) is 0 Å². The second-order valence-electron chi connectivity index (χ2n) is 2.52. The van der Waals surface area contributed by atoms with Gasteiger partial charge in [-0.05, 0) is 12.5 Å². The number of hydrogen-bond donors (Lipinski definition) is 1. The number of halogens is 1. The van der Waals surface area contributed by atoms with Crippen LogP contribution in [-0.4, -0.2) is 4.92 Å². The van der Waals surface area contributed by atoms with Crippen LogP contribution in [0.2, 0.25) is 0 Å². The molecule has 0 aliphatic carbocycles. The van der Waals surface area contributed by atoms with E-state index >= 15 is 0 Å². The molecule has 0 spiro atoms. The van der Waals surface area contributed by atoms with Gasteiger partial charge in [-0.2, -0.15) is 0 Å². The van der Waals surface area contributed by atoms with Crippen LogP contribution in [0.1, 0.15) is 11.1 Å². The Balaban J connectivity index is 0.00000144. The Bertz CT molecular complexity index is 315. The van der Waals surface area contributed by atoms with Crippen molar-refractivity contribution in [3.63, 3.8) is 0 Å². The summed E-state index contributed by atoms with van der Waals surface area (Å²) in [5.74, 6) is 0. The number of hydrogen-bond acceptors (Lipinski definition) is 3. The predicted octanol–water partition coefficient (Wildman–Crippen LogP) is 1.78. The summed E-state index contributed by atoms with van der Waals surface area (Å²) in [6, 6.07) is 4.92. The van der Waals surface area contributed by atoms with Crippen molar-refractivity contribution < 1.29 is 4.92 Å². The zero-order chi connectivity index (χ0) is 9.14. The smallest absolute Gasteiger partial charge is 0.272 e. The molecule has 0 radical (unpaired) electrons. The van der Waals surface area contributed by atoms with Crippen molar-refractivity contribution in [3.05, 3.63) is 39.4 Å². The highest BCUT2D eigenvalue weighted by Crippen LogP contribution is 2.20. The Hall–Kier alpha value is -1.13. The average Bonchev–Trinajstić information content (AvgIpc) is 2.04. The number of nitrogens with zero attached hydrogens (tertiary/aromatic N) is 1. The number of nitrogens with two attached hydrogens (primary N) is 1. The molecule has 0 amide bonds. The standard InChI is InChI=1S/C8H10N2O2.ClH/c1-6-7(5-9)3-2-4-8(6)10(11)12;/h2-4H,5,9H2,1H3;1H. The van der Waals surface area contributed by atoms with Crippen LogP contribution in [-0.2, 0) is 6.54 Å². The molecule has 1 rings (SSSR count). The molecule has 72 valence electrons. The fourth-order valence-electron chi connectivity index (χ4n) is 1.09. The van der Waals surface area contributed by atoms with Crippen LogP contribution in [0, 0.1) is 17.0 Å². The lowest BCUT2D eigenvalue weighted by Gasteiger charge is -2.01. The Kier molecular flexibility index (Phi) is 4.37. The van der Waals surface area contributed by atoms with E-state index < -0.39 is 4.92 Å². The Morgan fingerprint density at radius 1 is 1.54 bits per heavy atom. The van der Waals surface area contributed by atoms with Gasteiger partial charge in [0.15, 0.2) is 0 Å². The molecule has 0 saturated heterocycles. The third-order valence-electron chi connectivity index (χ3n) is 1.83. The zero-order valence-electron chi connectivity index (χ0n) is 7.19. The Labute approximate surface area is 82.3 Å². The van der Waals surface area contributed by atoms with Gasteiger partial charge in [0.25, 0.3) is 5.69 Å². The maximum atomic E-state index is 10.5. The van der Waals surface area contributed by atoms with Gasteiger partial charge in [0.05, 0.1) is 4.92 Å². The summed E-state index contributed by atoms with van der Waals surface area (Å²) in [6.45, 7) is 2.05. The van der Waals surface area contributed by atoms with Gasteiger partial charge >= 0.3 is 0 Å². The molecule has 1 aromatic rings. The van der Waals surface area contributed by atoms with Gasteiger partial charge in [-0.25, -0.2) is 0 Å². The quantitative estimate of drug-likeness (QED) is 0.587. The van der Waals surface area contributed by atoms with Gasteiger partial charge in [-0.3, -0.25) is 10.1 Å². The first-order chi connectivity index (χ1) is 5.66. The second-order valence-corrected chi connectivity index (χ2v) is 2.52. The molecule has 5 heteroatoms. The van der Waals surface area contributed by atoms with E-state index in [1.165, 1.54) is 6.07 Å². The van der Waals surface area contributed by atoms with Crippen molar-refractivity contribution in [3.8, 4) is 0 Å². The van der Waals surface area contributed by atoms with E-state index in [0.717, 1.165) is 5.56 Å². The molecule has 0 aliphatic rings. The summed E-state index contributed by atoms with van der Waals surface area (Å²) in [4.78, 5) is 10.1. The molecule has 13 heavy (non-hydrogen) atoms. The molecule has 0 fully saturated rings. The molecule has 0 bridgehead atoms. The lowest BCUT2D eigenvalue weighted by atomic mass is 10.1. The van der Waals surface area contributed by atoms with E-state index in [4.69, 9.17) is 5.73 Å². The molecule has 0 unspecified atom stereocenters. The van der Waals surface area contributed by atoms with Crippen LogP contribution in [0.15, 0.2) is 18.2 Å². The van der Waals surface area contributed by atoms with Crippen molar-refractivity contribution in [1.29, 1.82) is 0 Å². The molecular formula is C8H11ClN2O2. The SMILES string of the molecule is Cc1c(CN)cccc1[N+](=O)[O-].Cl. The molecule has 0 saturated carbocycles. The highest BCUT2D eigenvalue weighted by molar-refractivity contribution is 5.85. The summed E-state index contributed by atoms with van der Waals surface area (Å²) >= 11 is 0. The minimum absolute atomic E-state index is 0. The number of nitro benzene ring substituents is 1. The van der Waals surface area contributed by atoms with E-state index in [1.54, 1.807) is 19.1 Å². The third-order valence-corrected chi connectivity index (χ3v) is 1.83. The molecule has 0 aliphatic heterocycles. The van der Waals surface area contributed by atoms with Crippen LogP contribution < -0.4 is 5.73 Å². The van der Waals surface area contributed by atoms with Crippen molar-refractivity contribution >= 4 is 18.1 Å². The van der Waals surface area contributed by atoms with E-state index in [9.17, 15) is 10.1 Å². The molecule has 2 N–H and O–H groups in total. The molecule has 0 atom stereocenters. The van der Waals surface area contributed by atoms with Crippen molar-refractivity contribution in [1.82, 2.24) is 0 Å². The Morgan fingerprint density at radius 3 is 2.62 bits per heavy atom. The van der Waals surface area contributed by atoms with Gasteiger partial charge in [-0.1, -0.05) is 12.1 Å². The van der Waals surface area contributed by atoms with Crippen LogP contribution in [0.4, 0.5) is 5.69 Å². The molecule has 4 nitrogen and oxygen atoms in total. The minimum atomic E-state index is -0.394. The monoisotopic (exact) mass is 202 g/mol. The van der Waals surface area contributed by atoms with Crippen molar-refractivity contribution in [2.24, 2.45) is 5.73 Å². The van der Waals surface area contributed by atoms with Crippen LogP contribution in [0.3, 0.4) is 0 Å². The van der Waals surface area contributed by atoms with E-state index in [-0.39, 0.29) is 18.1 Å². The summed E-state index contributed by atoms with van der Waals surface area (Å²) < 4.78 is 0. The number of benzene rings is 1. The molecule has 0 heterocycles. The van der Waals surface area contributed by atoms with Gasteiger partial charge in [0, 0.05) is 18.2 Å². The minimum Gasteiger partial charge on any atom is -0.326 e. The van der Waals surface area contributed by atoms with Crippen LogP contribution in [0.5, 0.6) is 0 Å². The molecular weight excluding hydrogens is 192 g/mol. The topological polar surface area (TPSA) is 69.2 Å². The predicted molar refractivity (Wildman–Crippen MR) is 53.0 cm³/mol. The number of nitro groups is 1. The normalized spacial score (nSPS) is 9.08. The maximum Gasteiger partial charge on any atom is 0.272 e. The van der Waals surface area contributed by atoms with E-state index in [2.05, 4.69) is 0 Å². The first kappa shape index (κ1) is 11.9. The fraction of sp³-hybridized carbons (Fsp3) is 0.250. The lowest BCUT2D eigenvalue weighted by Crippen LogP contribution is -2.01. The highest BCUT2D eigenvalue weighted by atomic mass is 35.5. The largest absolute Gasteiger partial charge is 0.326 e. The summed E-state index contributed by atoms with van der Waals surface area (Å²) in [5.41, 5.74) is 7.01. The van der Waals surface area contributed by atoms with Crippen LogP contribution in [0.25, 0.3) is 0 Å². The fourth-order valence-corrected chi connectivity index (χ4v) is 1.09. The van der Waals surface area contributed by atoms with Crippen molar-refractivity contribution in [2.45, 2.75) is 13.5 Å². The average molecular weight is 203 g/mol. The first-order valence-electron chi connectivity index (χ1n) is 3.59. The maximum absolute atomic E-state index is 10.5. The van der Waals surface area contributed by atoms with Gasteiger partial charge < -0.3 is 5.73 Å². The van der Waals surface area contributed by atoms with Crippen LogP contribution >= 0.6 is 12.4 Å². The Morgan fingerprint density at radius 2 is 2.15 bits per heavy atom. The zero-order valence-corrected chi connectivity index (χ0v) is 8.00. The summed E-state index contributed by atoms with van der Waals surface area (Å²) in [7, 11) is 0. The third kappa shape index (κ3) is 2.40. The number of rotatable bonds is 2. The van der Waals surface area contributed by atoms with E-state index in [1.807, 2.05) is 0 Å². The first-order valence-corrected chi connectivity index (χ1v) is 3.59. The van der Waals surface area contributed by atoms with E-state index in [0.29, 0.717) is 12.1 Å². The molecule has 0 aromatic heterocycles. The van der Waals surface area contributed by atoms with Gasteiger partial charge in [0.2, 0.25) is 0 Å². The highest BCUT2D eigenvalue weighted by Gasteiger charge is 2.11. The lowest BCUT2D eigenvalue weighted by molar-refractivity contribution is -0.385. The molecule has 1 aromatic carbocycles. The summed E-state index contributed by atoms with van der Waals surface area (Å²) in [5, 5.41) is 10.5. The second kappa shape index (κ2) is 4.79. The van der Waals surface area contributed by atoms with Gasteiger partial charge in [-0.15, -0.1) is 12.4 Å². The summed E-state index contributed by atoms with van der Waals surface area (Å²) in [6.07, 6.45) is 0.